The highest BCUT2D eigenvalue weighted by atomic mass is 16.5. The Bertz CT molecular complexity index is 664. The number of benzene rings is 1. The molecule has 2 heterocycles. The number of nitrogens with zero attached hydrogens (tertiary/aromatic N) is 3. The van der Waals surface area contributed by atoms with Crippen LogP contribution in [0.25, 0.3) is 11.3 Å². The van der Waals surface area contributed by atoms with Crippen molar-refractivity contribution in [1.82, 2.24) is 14.7 Å². The van der Waals surface area contributed by atoms with Crippen LogP contribution in [0.5, 0.6) is 5.75 Å². The first kappa shape index (κ1) is 14.6. The van der Waals surface area contributed by atoms with Crippen LogP contribution in [0.3, 0.4) is 0 Å². The van der Waals surface area contributed by atoms with Gasteiger partial charge in [0.2, 0.25) is 0 Å². The van der Waals surface area contributed by atoms with Gasteiger partial charge in [0.1, 0.15) is 11.4 Å². The number of rotatable bonds is 5. The molecule has 116 valence electrons. The maximum Gasteiger partial charge on any atom is 0.272 e. The molecule has 0 atom stereocenters. The van der Waals surface area contributed by atoms with Gasteiger partial charge in [-0.05, 0) is 36.8 Å². The highest BCUT2D eigenvalue weighted by molar-refractivity contribution is 5.94. The molecule has 1 aromatic carbocycles. The third-order valence-electron chi connectivity index (χ3n) is 3.84. The van der Waals surface area contributed by atoms with E-state index in [1.165, 1.54) is 0 Å². The van der Waals surface area contributed by atoms with Gasteiger partial charge >= 0.3 is 0 Å². The molecule has 2 aromatic rings. The second-order valence-electron chi connectivity index (χ2n) is 5.24. The van der Waals surface area contributed by atoms with Gasteiger partial charge in [0, 0.05) is 25.3 Å². The van der Waals surface area contributed by atoms with Crippen molar-refractivity contribution in [1.29, 1.82) is 0 Å². The molecule has 0 bridgehead atoms. The number of aliphatic hydroxyl groups is 1. The van der Waals surface area contributed by atoms with E-state index in [4.69, 9.17) is 9.84 Å². The zero-order valence-corrected chi connectivity index (χ0v) is 12.5. The largest absolute Gasteiger partial charge is 0.497 e. The van der Waals surface area contributed by atoms with E-state index in [0.717, 1.165) is 17.0 Å². The Labute approximate surface area is 128 Å². The van der Waals surface area contributed by atoms with Crippen LogP contribution in [0.4, 0.5) is 0 Å². The number of carbonyl (C=O) groups is 1. The summed E-state index contributed by atoms with van der Waals surface area (Å²) in [6, 6.07) is 9.45. The van der Waals surface area contributed by atoms with Crippen molar-refractivity contribution in [2.75, 3.05) is 26.8 Å². The van der Waals surface area contributed by atoms with Crippen molar-refractivity contribution in [3.8, 4) is 17.0 Å². The van der Waals surface area contributed by atoms with Gasteiger partial charge < -0.3 is 14.7 Å². The lowest BCUT2D eigenvalue weighted by molar-refractivity contribution is 0.0686. The van der Waals surface area contributed by atoms with Crippen LogP contribution in [-0.4, -0.2) is 52.5 Å². The zero-order valence-electron chi connectivity index (χ0n) is 12.5. The molecule has 0 radical (unpaired) electrons. The zero-order chi connectivity index (χ0) is 15.5. The number of fused-ring (bicyclic) bond motifs is 1. The smallest absolute Gasteiger partial charge is 0.272 e. The topological polar surface area (TPSA) is 67.6 Å². The molecule has 1 aromatic heterocycles. The fraction of sp³-hybridized carbons (Fsp3) is 0.375. The molecule has 0 spiro atoms. The van der Waals surface area contributed by atoms with Gasteiger partial charge in [-0.3, -0.25) is 9.48 Å². The first-order chi connectivity index (χ1) is 10.7. The minimum Gasteiger partial charge on any atom is -0.497 e. The molecule has 6 nitrogen and oxygen atoms in total. The highest BCUT2D eigenvalue weighted by Gasteiger charge is 2.26. The lowest BCUT2D eigenvalue weighted by Crippen LogP contribution is -2.41. The summed E-state index contributed by atoms with van der Waals surface area (Å²) in [6.45, 7) is 2.00. The summed E-state index contributed by atoms with van der Waals surface area (Å²) in [4.78, 5) is 14.2. The van der Waals surface area contributed by atoms with Gasteiger partial charge in [-0.25, -0.2) is 0 Å². The Kier molecular flexibility index (Phi) is 4.11. The number of hydrogen-bond donors (Lipinski definition) is 1. The van der Waals surface area contributed by atoms with Crippen molar-refractivity contribution in [3.05, 3.63) is 36.0 Å². The van der Waals surface area contributed by atoms with Gasteiger partial charge in [0.15, 0.2) is 0 Å². The van der Waals surface area contributed by atoms with Crippen molar-refractivity contribution >= 4 is 5.91 Å². The second kappa shape index (κ2) is 6.19. The van der Waals surface area contributed by atoms with Crippen molar-refractivity contribution in [2.24, 2.45) is 0 Å². The highest BCUT2D eigenvalue weighted by Crippen LogP contribution is 2.24. The monoisotopic (exact) mass is 301 g/mol. The first-order valence-corrected chi connectivity index (χ1v) is 7.35. The Morgan fingerprint density at radius 2 is 2.05 bits per heavy atom. The number of aliphatic hydroxyl groups excluding tert-OH is 1. The number of aromatic nitrogens is 2. The van der Waals surface area contributed by atoms with Crippen LogP contribution < -0.4 is 4.74 Å². The van der Waals surface area contributed by atoms with E-state index in [1.54, 1.807) is 16.7 Å². The Hall–Kier alpha value is -2.34. The summed E-state index contributed by atoms with van der Waals surface area (Å²) < 4.78 is 6.91. The van der Waals surface area contributed by atoms with Crippen LogP contribution in [-0.2, 0) is 6.54 Å². The fourth-order valence-corrected chi connectivity index (χ4v) is 2.62. The summed E-state index contributed by atoms with van der Waals surface area (Å²) in [5.41, 5.74) is 2.35. The van der Waals surface area contributed by atoms with Crippen LogP contribution in [0.1, 0.15) is 16.9 Å². The SMILES string of the molecule is COc1ccc(-c2cc3n(n2)CCN(CCCO)C3=O)cc1. The van der Waals surface area contributed by atoms with E-state index in [-0.39, 0.29) is 12.5 Å². The van der Waals surface area contributed by atoms with Gasteiger partial charge in [-0.15, -0.1) is 0 Å². The average Bonchev–Trinajstić information content (AvgIpc) is 2.99. The summed E-state index contributed by atoms with van der Waals surface area (Å²) in [6.07, 6.45) is 0.602. The number of ether oxygens (including phenoxy) is 1. The molecule has 0 saturated heterocycles. The molecular weight excluding hydrogens is 282 g/mol. The maximum atomic E-state index is 12.4. The normalized spacial score (nSPS) is 14.1. The van der Waals surface area contributed by atoms with Crippen LogP contribution >= 0.6 is 0 Å². The molecule has 1 amide bonds. The van der Waals surface area contributed by atoms with Crippen LogP contribution in [0.15, 0.2) is 30.3 Å². The molecule has 3 rings (SSSR count). The Morgan fingerprint density at radius 3 is 2.73 bits per heavy atom. The van der Waals surface area contributed by atoms with E-state index < -0.39 is 0 Å². The van der Waals surface area contributed by atoms with E-state index in [2.05, 4.69) is 5.10 Å². The van der Waals surface area contributed by atoms with Crippen molar-refractivity contribution in [2.45, 2.75) is 13.0 Å². The minimum atomic E-state index is -0.0213. The summed E-state index contributed by atoms with van der Waals surface area (Å²) in [5.74, 6) is 0.769. The average molecular weight is 301 g/mol. The molecule has 0 saturated carbocycles. The van der Waals surface area contributed by atoms with Crippen molar-refractivity contribution in [3.63, 3.8) is 0 Å². The van der Waals surface area contributed by atoms with Crippen LogP contribution in [0, 0.1) is 0 Å². The molecule has 0 fully saturated rings. The number of hydrogen-bond acceptors (Lipinski definition) is 4. The number of methoxy groups -OCH3 is 1. The standard InChI is InChI=1S/C16H19N3O3/c1-22-13-5-3-12(4-6-13)14-11-15-16(21)18(7-2-10-20)8-9-19(15)17-14/h3-6,11,20H,2,7-10H2,1H3. The lowest BCUT2D eigenvalue weighted by Gasteiger charge is -2.27. The summed E-state index contributed by atoms with van der Waals surface area (Å²) in [7, 11) is 1.63. The molecule has 0 aliphatic carbocycles. The van der Waals surface area contributed by atoms with Gasteiger partial charge in [0.05, 0.1) is 19.3 Å². The van der Waals surface area contributed by atoms with E-state index >= 15 is 0 Å². The molecular formula is C16H19N3O3. The third-order valence-corrected chi connectivity index (χ3v) is 3.84. The van der Waals surface area contributed by atoms with Gasteiger partial charge in [-0.1, -0.05) is 0 Å². The lowest BCUT2D eigenvalue weighted by atomic mass is 10.1. The van der Waals surface area contributed by atoms with Crippen molar-refractivity contribution < 1.29 is 14.6 Å². The molecule has 1 aliphatic rings. The van der Waals surface area contributed by atoms with Gasteiger partial charge in [-0.2, -0.15) is 5.10 Å². The third kappa shape index (κ3) is 2.69. The fourth-order valence-electron chi connectivity index (χ4n) is 2.62. The second-order valence-corrected chi connectivity index (χ2v) is 5.24. The number of amides is 1. The molecule has 1 aliphatic heterocycles. The Balaban J connectivity index is 1.84. The molecule has 0 unspecified atom stereocenters. The molecule has 1 N–H and O–H groups in total. The van der Waals surface area contributed by atoms with Gasteiger partial charge in [0.25, 0.3) is 5.91 Å². The maximum absolute atomic E-state index is 12.4. The quantitative estimate of drug-likeness (QED) is 0.906. The molecule has 6 heteroatoms. The van der Waals surface area contributed by atoms with E-state index in [9.17, 15) is 4.79 Å². The van der Waals surface area contributed by atoms with E-state index in [0.29, 0.717) is 31.7 Å². The van der Waals surface area contributed by atoms with E-state index in [1.807, 2.05) is 30.3 Å². The summed E-state index contributed by atoms with van der Waals surface area (Å²) >= 11 is 0. The molecule has 22 heavy (non-hydrogen) atoms. The minimum absolute atomic E-state index is 0.0213. The predicted octanol–water partition coefficient (Wildman–Crippen LogP) is 1.40. The predicted molar refractivity (Wildman–Crippen MR) is 81.8 cm³/mol. The Morgan fingerprint density at radius 1 is 1.27 bits per heavy atom. The summed E-state index contributed by atoms with van der Waals surface area (Å²) in [5, 5.41) is 13.4. The number of carbonyl (C=O) groups excluding carboxylic acids is 1. The first-order valence-electron chi connectivity index (χ1n) is 7.35. The van der Waals surface area contributed by atoms with Crippen LogP contribution in [0.2, 0.25) is 0 Å².